The summed E-state index contributed by atoms with van der Waals surface area (Å²) >= 11 is 3.42. The van der Waals surface area contributed by atoms with E-state index in [1.807, 2.05) is 68.6 Å². The highest BCUT2D eigenvalue weighted by molar-refractivity contribution is 9.10. The molecule has 0 aromatic heterocycles. The second-order valence-electron chi connectivity index (χ2n) is 5.89. The summed E-state index contributed by atoms with van der Waals surface area (Å²) in [5, 5.41) is 3.04. The van der Waals surface area contributed by atoms with Crippen LogP contribution in [0.25, 0.3) is 0 Å². The quantitative estimate of drug-likeness (QED) is 0.724. The van der Waals surface area contributed by atoms with Crippen molar-refractivity contribution >= 4 is 21.8 Å². The highest BCUT2D eigenvalue weighted by Crippen LogP contribution is 2.16. The molecule has 0 heterocycles. The van der Waals surface area contributed by atoms with Crippen molar-refractivity contribution in [1.29, 1.82) is 0 Å². The van der Waals surface area contributed by atoms with E-state index in [9.17, 15) is 4.79 Å². The van der Waals surface area contributed by atoms with Gasteiger partial charge in [-0.15, -0.1) is 0 Å². The highest BCUT2D eigenvalue weighted by atomic mass is 79.9. The minimum absolute atomic E-state index is 0.000955. The SMILES string of the molecule is C[C@H](NC(=O)C[NH+](C)CCOc1ccccc1)c1ccc(Br)cc1. The number of benzene rings is 2. The molecule has 0 fully saturated rings. The molecule has 0 saturated carbocycles. The Kier molecular flexibility index (Phi) is 7.28. The van der Waals surface area contributed by atoms with Crippen LogP contribution < -0.4 is 15.0 Å². The summed E-state index contributed by atoms with van der Waals surface area (Å²) in [5.41, 5.74) is 1.09. The van der Waals surface area contributed by atoms with Crippen molar-refractivity contribution in [3.05, 3.63) is 64.6 Å². The molecule has 1 amide bonds. The number of hydrogen-bond donors (Lipinski definition) is 2. The molecule has 0 spiro atoms. The van der Waals surface area contributed by atoms with E-state index in [0.717, 1.165) is 27.2 Å². The van der Waals surface area contributed by atoms with Gasteiger partial charge in [-0.3, -0.25) is 4.79 Å². The Bertz CT molecular complexity index is 632. The van der Waals surface area contributed by atoms with Crippen LogP contribution in [0.1, 0.15) is 18.5 Å². The summed E-state index contributed by atoms with van der Waals surface area (Å²) in [6.45, 7) is 3.79. The number of quaternary nitrogens is 1. The van der Waals surface area contributed by atoms with Crippen LogP contribution in [-0.2, 0) is 4.79 Å². The minimum Gasteiger partial charge on any atom is -0.488 e. The molecule has 2 N–H and O–H groups in total. The number of carbonyl (C=O) groups excluding carboxylic acids is 1. The van der Waals surface area contributed by atoms with Gasteiger partial charge in [0.25, 0.3) is 5.91 Å². The smallest absolute Gasteiger partial charge is 0.275 e. The number of nitrogens with one attached hydrogen (secondary N) is 2. The summed E-state index contributed by atoms with van der Waals surface area (Å²) in [5.74, 6) is 0.904. The molecule has 0 aliphatic rings. The van der Waals surface area contributed by atoms with Crippen LogP contribution >= 0.6 is 15.9 Å². The van der Waals surface area contributed by atoms with Gasteiger partial charge in [0.1, 0.15) is 18.9 Å². The van der Waals surface area contributed by atoms with E-state index in [0.29, 0.717) is 13.2 Å². The molecule has 24 heavy (non-hydrogen) atoms. The molecular weight excluding hydrogens is 368 g/mol. The van der Waals surface area contributed by atoms with Crippen molar-refractivity contribution in [3.63, 3.8) is 0 Å². The molecular formula is C19H24BrN2O2+. The van der Waals surface area contributed by atoms with Crippen LogP contribution in [-0.4, -0.2) is 32.7 Å². The average Bonchev–Trinajstić information content (AvgIpc) is 2.56. The molecule has 0 aliphatic carbocycles. The van der Waals surface area contributed by atoms with E-state index in [-0.39, 0.29) is 11.9 Å². The van der Waals surface area contributed by atoms with E-state index < -0.39 is 0 Å². The second-order valence-corrected chi connectivity index (χ2v) is 6.80. The summed E-state index contributed by atoms with van der Waals surface area (Å²) in [7, 11) is 2.00. The lowest BCUT2D eigenvalue weighted by molar-refractivity contribution is -0.871. The van der Waals surface area contributed by atoms with Crippen LogP contribution in [0.3, 0.4) is 0 Å². The number of rotatable bonds is 8. The third-order valence-corrected chi connectivity index (χ3v) is 4.28. The van der Waals surface area contributed by atoms with Crippen LogP contribution in [0.4, 0.5) is 0 Å². The third-order valence-electron chi connectivity index (χ3n) is 3.75. The van der Waals surface area contributed by atoms with Gasteiger partial charge in [-0.25, -0.2) is 0 Å². The molecule has 0 bridgehead atoms. The zero-order chi connectivity index (χ0) is 17.4. The number of halogens is 1. The summed E-state index contributed by atoms with van der Waals surface area (Å²) < 4.78 is 6.70. The molecule has 2 aromatic rings. The van der Waals surface area contributed by atoms with Crippen LogP contribution in [0.5, 0.6) is 5.75 Å². The number of ether oxygens (including phenoxy) is 1. The van der Waals surface area contributed by atoms with Crippen LogP contribution in [0.2, 0.25) is 0 Å². The average molecular weight is 392 g/mol. The zero-order valence-electron chi connectivity index (χ0n) is 14.1. The van der Waals surface area contributed by atoms with Crippen molar-refractivity contribution in [3.8, 4) is 5.75 Å². The predicted octanol–water partition coefficient (Wildman–Crippen LogP) is 2.22. The lowest BCUT2D eigenvalue weighted by Crippen LogP contribution is -3.10. The van der Waals surface area contributed by atoms with Gasteiger partial charge in [-0.2, -0.15) is 0 Å². The molecule has 0 aliphatic heterocycles. The Morgan fingerprint density at radius 2 is 1.83 bits per heavy atom. The van der Waals surface area contributed by atoms with E-state index in [2.05, 4.69) is 21.2 Å². The first-order valence-corrected chi connectivity index (χ1v) is 8.88. The van der Waals surface area contributed by atoms with Gasteiger partial charge < -0.3 is 15.0 Å². The first-order chi connectivity index (χ1) is 11.5. The fraction of sp³-hybridized carbons (Fsp3) is 0.316. The van der Waals surface area contributed by atoms with E-state index in [1.54, 1.807) is 0 Å². The number of para-hydroxylation sites is 1. The number of amides is 1. The fourth-order valence-corrected chi connectivity index (χ4v) is 2.61. The van der Waals surface area contributed by atoms with E-state index in [1.165, 1.54) is 0 Å². The molecule has 128 valence electrons. The van der Waals surface area contributed by atoms with Crippen LogP contribution in [0.15, 0.2) is 59.1 Å². The number of carbonyl (C=O) groups is 1. The first-order valence-electron chi connectivity index (χ1n) is 8.08. The highest BCUT2D eigenvalue weighted by Gasteiger charge is 2.13. The summed E-state index contributed by atoms with van der Waals surface area (Å²) in [4.78, 5) is 13.3. The molecule has 0 saturated heterocycles. The van der Waals surface area contributed by atoms with Gasteiger partial charge in [0.05, 0.1) is 13.1 Å². The largest absolute Gasteiger partial charge is 0.488 e. The molecule has 0 radical (unpaired) electrons. The second kappa shape index (κ2) is 9.45. The molecule has 1 unspecified atom stereocenters. The Labute approximate surface area is 151 Å². The van der Waals surface area contributed by atoms with Crippen LogP contribution in [0, 0.1) is 0 Å². The van der Waals surface area contributed by atoms with Crippen molar-refractivity contribution in [2.45, 2.75) is 13.0 Å². The van der Waals surface area contributed by atoms with Gasteiger partial charge in [-0.05, 0) is 36.8 Å². The van der Waals surface area contributed by atoms with Gasteiger partial charge in [0, 0.05) is 4.47 Å². The monoisotopic (exact) mass is 391 g/mol. The normalized spacial score (nSPS) is 13.1. The Morgan fingerprint density at radius 1 is 1.17 bits per heavy atom. The maximum absolute atomic E-state index is 12.2. The zero-order valence-corrected chi connectivity index (χ0v) is 15.7. The maximum Gasteiger partial charge on any atom is 0.275 e. The molecule has 2 rings (SSSR count). The van der Waals surface area contributed by atoms with E-state index in [4.69, 9.17) is 4.74 Å². The third kappa shape index (κ3) is 6.34. The standard InChI is InChI=1S/C19H23BrN2O2/c1-15(16-8-10-17(20)11-9-16)21-19(23)14-22(2)12-13-24-18-6-4-3-5-7-18/h3-11,15H,12-14H2,1-2H3,(H,21,23)/p+1/t15-/m0/s1. The van der Waals surface area contributed by atoms with Gasteiger partial charge in [0.2, 0.25) is 0 Å². The number of hydrogen-bond acceptors (Lipinski definition) is 2. The van der Waals surface area contributed by atoms with Crippen molar-refractivity contribution in [2.75, 3.05) is 26.7 Å². The summed E-state index contributed by atoms with van der Waals surface area (Å²) in [6.07, 6.45) is 0. The Morgan fingerprint density at radius 3 is 2.50 bits per heavy atom. The van der Waals surface area contributed by atoms with Crippen molar-refractivity contribution < 1.29 is 14.4 Å². The molecule has 2 aromatic carbocycles. The van der Waals surface area contributed by atoms with Gasteiger partial charge in [0.15, 0.2) is 6.54 Å². The summed E-state index contributed by atoms with van der Waals surface area (Å²) in [6, 6.07) is 17.7. The van der Waals surface area contributed by atoms with E-state index >= 15 is 0 Å². The Balaban J connectivity index is 1.70. The van der Waals surface area contributed by atoms with Crippen molar-refractivity contribution in [2.24, 2.45) is 0 Å². The van der Waals surface area contributed by atoms with Gasteiger partial charge in [-0.1, -0.05) is 46.3 Å². The van der Waals surface area contributed by atoms with Gasteiger partial charge >= 0.3 is 0 Å². The molecule has 2 atom stereocenters. The van der Waals surface area contributed by atoms with Crippen molar-refractivity contribution in [1.82, 2.24) is 5.32 Å². The molecule has 5 heteroatoms. The molecule has 4 nitrogen and oxygen atoms in total. The Hall–Kier alpha value is -1.85. The first kappa shape index (κ1) is 18.5. The maximum atomic E-state index is 12.2. The predicted molar refractivity (Wildman–Crippen MR) is 99.3 cm³/mol. The topological polar surface area (TPSA) is 42.8 Å². The lowest BCUT2D eigenvalue weighted by atomic mass is 10.1. The fourth-order valence-electron chi connectivity index (χ4n) is 2.35. The number of likely N-dealkylation sites (N-methyl/N-ethyl adjacent to an activating group) is 1. The lowest BCUT2D eigenvalue weighted by Gasteiger charge is -2.17. The minimum atomic E-state index is -0.000955.